The summed E-state index contributed by atoms with van der Waals surface area (Å²) >= 11 is 5.71. The minimum Gasteiger partial charge on any atom is -0.444 e. The lowest BCUT2D eigenvalue weighted by atomic mass is 10.2. The van der Waals surface area contributed by atoms with Crippen LogP contribution in [0.1, 0.15) is 17.3 Å². The summed E-state index contributed by atoms with van der Waals surface area (Å²) in [6.07, 6.45) is -0.794. The van der Waals surface area contributed by atoms with Crippen LogP contribution in [0.4, 0.5) is 5.69 Å². The van der Waals surface area contributed by atoms with Crippen LogP contribution in [0.3, 0.4) is 0 Å². The molecular formula is C10H9ClN2O2. The maximum atomic E-state index is 11.4. The van der Waals surface area contributed by atoms with Crippen LogP contribution in [0.15, 0.2) is 18.2 Å². The van der Waals surface area contributed by atoms with E-state index in [2.05, 4.69) is 0 Å². The Bertz CT molecular complexity index is 406. The number of carbonyl (C=O) groups is 1. The Balaban J connectivity index is 2.88. The number of nitrogens with zero attached hydrogens (tertiary/aromatic N) is 1. The van der Waals surface area contributed by atoms with Crippen LogP contribution in [0, 0.1) is 11.3 Å². The van der Waals surface area contributed by atoms with E-state index in [0.717, 1.165) is 0 Å². The van der Waals surface area contributed by atoms with Gasteiger partial charge >= 0.3 is 5.97 Å². The van der Waals surface area contributed by atoms with Crippen LogP contribution in [0.25, 0.3) is 0 Å². The first kappa shape index (κ1) is 11.3. The van der Waals surface area contributed by atoms with Crippen molar-refractivity contribution in [2.45, 2.75) is 13.0 Å². The largest absolute Gasteiger partial charge is 0.444 e. The number of carbonyl (C=O) groups excluding carboxylic acids is 1. The summed E-state index contributed by atoms with van der Waals surface area (Å²) in [7, 11) is 0. The molecule has 0 aliphatic rings. The molecule has 15 heavy (non-hydrogen) atoms. The monoisotopic (exact) mass is 224 g/mol. The molecule has 0 saturated heterocycles. The van der Waals surface area contributed by atoms with Crippen molar-refractivity contribution in [3.63, 3.8) is 0 Å². The molecule has 0 radical (unpaired) electrons. The Morgan fingerprint density at radius 3 is 2.80 bits per heavy atom. The number of esters is 1. The quantitative estimate of drug-likeness (QED) is 0.616. The van der Waals surface area contributed by atoms with Gasteiger partial charge in [-0.2, -0.15) is 5.26 Å². The van der Waals surface area contributed by atoms with Crippen molar-refractivity contribution in [1.82, 2.24) is 0 Å². The van der Waals surface area contributed by atoms with Crippen LogP contribution in [0.2, 0.25) is 5.02 Å². The molecule has 0 heterocycles. The van der Waals surface area contributed by atoms with Crippen LogP contribution in [0.5, 0.6) is 0 Å². The molecule has 1 atom stereocenters. The number of benzene rings is 1. The molecule has 1 unspecified atom stereocenters. The standard InChI is InChI=1S/C10H9ClN2O2/c1-6(5-12)15-10(14)7-2-8(11)4-9(13)3-7/h2-4,6H,13H2,1H3. The molecule has 0 aliphatic carbocycles. The molecule has 5 heteroatoms. The van der Waals surface area contributed by atoms with Gasteiger partial charge in [-0.1, -0.05) is 11.6 Å². The Kier molecular flexibility index (Phi) is 3.53. The van der Waals surface area contributed by atoms with Crippen molar-refractivity contribution in [1.29, 1.82) is 5.26 Å². The van der Waals surface area contributed by atoms with Crippen molar-refractivity contribution in [2.24, 2.45) is 0 Å². The van der Waals surface area contributed by atoms with Crippen molar-refractivity contribution >= 4 is 23.3 Å². The topological polar surface area (TPSA) is 76.1 Å². The Hall–Kier alpha value is -1.73. The number of ether oxygens (including phenoxy) is 1. The third kappa shape index (κ3) is 3.15. The normalized spacial score (nSPS) is 11.5. The predicted molar refractivity (Wildman–Crippen MR) is 56.4 cm³/mol. The molecule has 1 rings (SSSR count). The molecule has 0 spiro atoms. The van der Waals surface area contributed by atoms with Gasteiger partial charge in [0.15, 0.2) is 6.10 Å². The number of halogens is 1. The maximum absolute atomic E-state index is 11.4. The zero-order valence-corrected chi connectivity index (χ0v) is 8.78. The van der Waals surface area contributed by atoms with E-state index in [1.807, 2.05) is 0 Å². The average molecular weight is 225 g/mol. The average Bonchev–Trinajstić information content (AvgIpc) is 2.16. The zero-order chi connectivity index (χ0) is 11.4. The van der Waals surface area contributed by atoms with Crippen molar-refractivity contribution in [3.8, 4) is 6.07 Å². The molecule has 1 aromatic rings. The minimum atomic E-state index is -0.794. The molecule has 0 aromatic heterocycles. The van der Waals surface area contributed by atoms with E-state index in [4.69, 9.17) is 27.3 Å². The minimum absolute atomic E-state index is 0.238. The summed E-state index contributed by atoms with van der Waals surface area (Å²) in [5.74, 6) is -0.613. The molecule has 1 aromatic carbocycles. The van der Waals surface area contributed by atoms with E-state index < -0.39 is 12.1 Å². The van der Waals surface area contributed by atoms with Crippen LogP contribution in [-0.4, -0.2) is 12.1 Å². The number of nitrogen functional groups attached to an aromatic ring is 1. The number of hydrogen-bond donors (Lipinski definition) is 1. The smallest absolute Gasteiger partial charge is 0.339 e. The summed E-state index contributed by atoms with van der Waals surface area (Å²) in [6.45, 7) is 1.48. The molecule has 0 bridgehead atoms. The lowest BCUT2D eigenvalue weighted by Crippen LogP contribution is -2.13. The van der Waals surface area contributed by atoms with Gasteiger partial charge in [-0.15, -0.1) is 0 Å². The lowest BCUT2D eigenvalue weighted by molar-refractivity contribution is 0.0435. The predicted octanol–water partition coefficient (Wildman–Crippen LogP) is 1.99. The van der Waals surface area contributed by atoms with Crippen LogP contribution >= 0.6 is 11.6 Å². The Morgan fingerprint density at radius 1 is 1.60 bits per heavy atom. The number of hydrogen-bond acceptors (Lipinski definition) is 4. The third-order valence-electron chi connectivity index (χ3n) is 1.62. The van der Waals surface area contributed by atoms with Gasteiger partial charge in [0.2, 0.25) is 0 Å². The van der Waals surface area contributed by atoms with Gasteiger partial charge in [-0.3, -0.25) is 0 Å². The summed E-state index contributed by atoms with van der Waals surface area (Å²) in [5.41, 5.74) is 6.12. The summed E-state index contributed by atoms with van der Waals surface area (Å²) in [6, 6.07) is 6.19. The second-order valence-electron chi connectivity index (χ2n) is 2.95. The zero-order valence-electron chi connectivity index (χ0n) is 8.03. The summed E-state index contributed by atoms with van der Waals surface area (Å²) in [5, 5.41) is 8.82. The van der Waals surface area contributed by atoms with Gasteiger partial charge in [-0.25, -0.2) is 4.79 Å². The fourth-order valence-electron chi connectivity index (χ4n) is 0.985. The van der Waals surface area contributed by atoms with Crippen LogP contribution < -0.4 is 5.73 Å². The van der Waals surface area contributed by atoms with Crippen LogP contribution in [-0.2, 0) is 4.74 Å². The first-order chi connectivity index (χ1) is 7.02. The molecule has 0 aliphatic heterocycles. The summed E-state index contributed by atoms with van der Waals surface area (Å²) in [4.78, 5) is 11.4. The highest BCUT2D eigenvalue weighted by Crippen LogP contribution is 2.17. The molecular weight excluding hydrogens is 216 g/mol. The molecule has 78 valence electrons. The third-order valence-corrected chi connectivity index (χ3v) is 1.84. The molecule has 0 amide bonds. The van der Waals surface area contributed by atoms with E-state index in [0.29, 0.717) is 10.7 Å². The first-order valence-corrected chi connectivity index (χ1v) is 4.57. The van der Waals surface area contributed by atoms with E-state index in [-0.39, 0.29) is 5.56 Å². The molecule has 0 fully saturated rings. The van der Waals surface area contributed by atoms with Gasteiger partial charge in [0.25, 0.3) is 0 Å². The second-order valence-corrected chi connectivity index (χ2v) is 3.39. The lowest BCUT2D eigenvalue weighted by Gasteiger charge is -2.06. The highest BCUT2D eigenvalue weighted by Gasteiger charge is 2.12. The fraction of sp³-hybridized carbons (Fsp3) is 0.200. The number of rotatable bonds is 2. The van der Waals surface area contributed by atoms with Gasteiger partial charge in [0.1, 0.15) is 6.07 Å². The number of anilines is 1. The SMILES string of the molecule is CC(C#N)OC(=O)c1cc(N)cc(Cl)c1. The number of nitrogens with two attached hydrogens (primary N) is 1. The van der Waals surface area contributed by atoms with Gasteiger partial charge < -0.3 is 10.5 Å². The van der Waals surface area contributed by atoms with E-state index in [1.54, 1.807) is 6.07 Å². The first-order valence-electron chi connectivity index (χ1n) is 4.19. The van der Waals surface area contributed by atoms with Crippen molar-refractivity contribution in [2.75, 3.05) is 5.73 Å². The van der Waals surface area contributed by atoms with E-state index in [9.17, 15) is 4.79 Å². The Morgan fingerprint density at radius 2 is 2.27 bits per heavy atom. The van der Waals surface area contributed by atoms with Gasteiger partial charge in [0, 0.05) is 10.7 Å². The van der Waals surface area contributed by atoms with E-state index in [1.165, 1.54) is 25.1 Å². The second kappa shape index (κ2) is 4.67. The highest BCUT2D eigenvalue weighted by atomic mass is 35.5. The van der Waals surface area contributed by atoms with Gasteiger partial charge in [0.05, 0.1) is 5.56 Å². The number of nitriles is 1. The molecule has 4 nitrogen and oxygen atoms in total. The fourth-order valence-corrected chi connectivity index (χ4v) is 1.23. The van der Waals surface area contributed by atoms with E-state index >= 15 is 0 Å². The van der Waals surface area contributed by atoms with Crippen molar-refractivity contribution in [3.05, 3.63) is 28.8 Å². The summed E-state index contributed by atoms with van der Waals surface area (Å²) < 4.78 is 4.78. The Labute approximate surface area is 92.2 Å². The highest BCUT2D eigenvalue weighted by molar-refractivity contribution is 6.31. The molecule has 0 saturated carbocycles. The maximum Gasteiger partial charge on any atom is 0.339 e. The van der Waals surface area contributed by atoms with Gasteiger partial charge in [-0.05, 0) is 25.1 Å². The van der Waals surface area contributed by atoms with Crippen molar-refractivity contribution < 1.29 is 9.53 Å². The molecule has 2 N–H and O–H groups in total.